The van der Waals surface area contributed by atoms with Crippen LogP contribution in [0.2, 0.25) is 0 Å². The molecule has 0 saturated heterocycles. The maximum atomic E-state index is 13.2. The Labute approximate surface area is 238 Å². The van der Waals surface area contributed by atoms with Crippen molar-refractivity contribution in [1.29, 1.82) is 0 Å². The Hall–Kier alpha value is -3.10. The van der Waals surface area contributed by atoms with E-state index in [2.05, 4.69) is 20.7 Å². The van der Waals surface area contributed by atoms with Crippen molar-refractivity contribution < 1.29 is 51.8 Å². The fourth-order valence-corrected chi connectivity index (χ4v) is 3.86. The van der Waals surface area contributed by atoms with Crippen LogP contribution in [0, 0.1) is 0 Å². The third kappa shape index (κ3) is 12.8. The van der Waals surface area contributed by atoms with Gasteiger partial charge in [0, 0.05) is 20.6 Å². The molecule has 0 aromatic heterocycles. The van der Waals surface area contributed by atoms with Crippen LogP contribution >= 0.6 is 6.72 Å². The van der Waals surface area contributed by atoms with Crippen molar-refractivity contribution in [1.82, 2.24) is 16.0 Å². The lowest BCUT2D eigenvalue weighted by molar-refractivity contribution is -0.147. The molecule has 1 aromatic rings. The van der Waals surface area contributed by atoms with Crippen LogP contribution in [0.4, 0.5) is 4.79 Å². The highest BCUT2D eigenvalue weighted by atomic mass is 32.5. The van der Waals surface area contributed by atoms with E-state index in [9.17, 15) is 24.0 Å². The third-order valence-corrected chi connectivity index (χ3v) is 7.73. The highest BCUT2D eigenvalue weighted by Gasteiger charge is 2.31. The molecule has 0 aliphatic carbocycles. The van der Waals surface area contributed by atoms with Crippen LogP contribution in [0.3, 0.4) is 0 Å². The monoisotopic (exact) mass is 605 g/mol. The van der Waals surface area contributed by atoms with E-state index >= 15 is 0 Å². The fourth-order valence-electron chi connectivity index (χ4n) is 2.98. The summed E-state index contributed by atoms with van der Waals surface area (Å²) in [4.78, 5) is 62.4. The van der Waals surface area contributed by atoms with Gasteiger partial charge in [-0.15, -0.1) is 0 Å². The molecule has 3 N–H and O–H groups in total. The van der Waals surface area contributed by atoms with Crippen molar-refractivity contribution in [2.45, 2.75) is 51.4 Å². The molecule has 0 radical (unpaired) electrons. The number of amides is 3. The van der Waals surface area contributed by atoms with Crippen molar-refractivity contribution in [2.75, 3.05) is 34.5 Å². The zero-order valence-corrected chi connectivity index (χ0v) is 24.7. The van der Waals surface area contributed by atoms with Crippen LogP contribution in [-0.4, -0.2) is 82.5 Å². The molecular formula is C24H36N3O11PS. The summed E-state index contributed by atoms with van der Waals surface area (Å²) >= 11 is 5.15. The minimum Gasteiger partial charge on any atom is -0.469 e. The van der Waals surface area contributed by atoms with Gasteiger partial charge in [0.2, 0.25) is 11.8 Å². The highest BCUT2D eigenvalue weighted by Crippen LogP contribution is 2.47. The Morgan fingerprint density at radius 2 is 1.52 bits per heavy atom. The minimum absolute atomic E-state index is 0.0682. The van der Waals surface area contributed by atoms with Gasteiger partial charge in [-0.25, -0.2) is 9.59 Å². The molecule has 0 aliphatic rings. The van der Waals surface area contributed by atoms with E-state index in [1.165, 1.54) is 28.3 Å². The quantitative estimate of drug-likeness (QED) is 0.132. The number of nitrogens with one attached hydrogen (secondary N) is 3. The average Bonchev–Trinajstić information content (AvgIpc) is 2.96. The molecule has 0 heterocycles. The predicted octanol–water partition coefficient (Wildman–Crippen LogP) is 1.32. The Bertz CT molecular complexity index is 1040. The number of rotatable bonds is 17. The number of methoxy groups -OCH3 is 1. The normalized spacial score (nSPS) is 13.2. The van der Waals surface area contributed by atoms with Gasteiger partial charge < -0.3 is 43.7 Å². The summed E-state index contributed by atoms with van der Waals surface area (Å²) in [5, 5.41) is 7.26. The van der Waals surface area contributed by atoms with E-state index in [1.807, 2.05) is 0 Å². The summed E-state index contributed by atoms with van der Waals surface area (Å²) in [5.41, 5.74) is 0.713. The van der Waals surface area contributed by atoms with Gasteiger partial charge in [-0.2, -0.15) is 0 Å². The standard InChI is InChI=1S/C24H36N3O11PS/c1-6-36-23(31)16(2)25-22(30)19(15-38-39(40,34-4)35-5)26-21(29)18(12-13-20(28)33-3)27-24(32)37-14-17-10-8-7-9-11-17/h7-11,16,18-19H,6,12-15H2,1-5H3,(H,25,30)(H,26,29)(H,27,32)/t16-,18-,19-/m0/s1. The lowest BCUT2D eigenvalue weighted by atomic mass is 10.1. The summed E-state index contributed by atoms with van der Waals surface area (Å²) < 4.78 is 30.3. The Morgan fingerprint density at radius 1 is 0.900 bits per heavy atom. The first-order chi connectivity index (χ1) is 19.0. The number of hydrogen-bond acceptors (Lipinski definition) is 12. The van der Waals surface area contributed by atoms with E-state index in [4.69, 9.17) is 34.9 Å². The van der Waals surface area contributed by atoms with Crippen LogP contribution < -0.4 is 16.0 Å². The number of carbonyl (C=O) groups excluding carboxylic acids is 5. The molecule has 1 rings (SSSR count). The molecule has 0 unspecified atom stereocenters. The minimum atomic E-state index is -3.24. The number of hydrogen-bond donors (Lipinski definition) is 3. The molecular weight excluding hydrogens is 569 g/mol. The predicted molar refractivity (Wildman–Crippen MR) is 145 cm³/mol. The maximum Gasteiger partial charge on any atom is 0.408 e. The first-order valence-electron chi connectivity index (χ1n) is 12.2. The van der Waals surface area contributed by atoms with Gasteiger partial charge in [0.05, 0.1) is 20.3 Å². The van der Waals surface area contributed by atoms with Crippen LogP contribution in [0.15, 0.2) is 30.3 Å². The lowest BCUT2D eigenvalue weighted by Gasteiger charge is -2.25. The molecule has 14 nitrogen and oxygen atoms in total. The number of alkyl carbamates (subject to hydrolysis) is 1. The van der Waals surface area contributed by atoms with Crippen LogP contribution in [-0.2, 0) is 65.4 Å². The Balaban J connectivity index is 3.05. The van der Waals surface area contributed by atoms with Gasteiger partial charge in [-0.1, -0.05) is 30.3 Å². The highest BCUT2D eigenvalue weighted by molar-refractivity contribution is 8.07. The molecule has 0 bridgehead atoms. The smallest absolute Gasteiger partial charge is 0.408 e. The summed E-state index contributed by atoms with van der Waals surface area (Å²) in [5.74, 6) is -2.99. The van der Waals surface area contributed by atoms with Crippen molar-refractivity contribution in [2.24, 2.45) is 0 Å². The molecule has 3 atom stereocenters. The largest absolute Gasteiger partial charge is 0.469 e. The van der Waals surface area contributed by atoms with Crippen molar-refractivity contribution in [3.8, 4) is 0 Å². The Morgan fingerprint density at radius 3 is 2.10 bits per heavy atom. The van der Waals surface area contributed by atoms with Gasteiger partial charge in [-0.3, -0.25) is 14.4 Å². The summed E-state index contributed by atoms with van der Waals surface area (Å²) in [6.07, 6.45) is -1.34. The number of esters is 2. The maximum absolute atomic E-state index is 13.2. The average molecular weight is 606 g/mol. The van der Waals surface area contributed by atoms with Crippen LogP contribution in [0.5, 0.6) is 0 Å². The molecule has 0 spiro atoms. The Kier molecular flexibility index (Phi) is 16.0. The second kappa shape index (κ2) is 18.3. The topological polar surface area (TPSA) is 177 Å². The molecule has 0 aliphatic heterocycles. The second-order valence-electron chi connectivity index (χ2n) is 8.03. The SMILES string of the molecule is CCOC(=O)[C@H](C)NC(=O)[C@H](COP(=S)(OC)OC)NC(=O)[C@H](CCC(=O)OC)NC(=O)OCc1ccccc1. The fraction of sp³-hybridized carbons (Fsp3) is 0.542. The number of carbonyl (C=O) groups is 5. The number of ether oxygens (including phenoxy) is 3. The van der Waals surface area contributed by atoms with E-state index in [0.717, 1.165) is 0 Å². The van der Waals surface area contributed by atoms with Gasteiger partial charge in [0.25, 0.3) is 0 Å². The first kappa shape index (κ1) is 34.9. The molecule has 1 aromatic carbocycles. The first-order valence-corrected chi connectivity index (χ1v) is 14.7. The van der Waals surface area contributed by atoms with E-state index in [0.29, 0.717) is 5.56 Å². The molecule has 40 heavy (non-hydrogen) atoms. The van der Waals surface area contributed by atoms with E-state index in [-0.39, 0.29) is 26.1 Å². The molecule has 3 amide bonds. The molecule has 0 saturated carbocycles. The second-order valence-corrected chi connectivity index (χ2v) is 11.2. The van der Waals surface area contributed by atoms with Gasteiger partial charge >= 0.3 is 24.8 Å². The lowest BCUT2D eigenvalue weighted by Crippen LogP contribution is -2.57. The zero-order chi connectivity index (χ0) is 30.1. The molecule has 0 fully saturated rings. The third-order valence-electron chi connectivity index (χ3n) is 5.16. The van der Waals surface area contributed by atoms with E-state index < -0.39 is 61.3 Å². The van der Waals surface area contributed by atoms with Crippen LogP contribution in [0.25, 0.3) is 0 Å². The van der Waals surface area contributed by atoms with Gasteiger partial charge in [0.15, 0.2) is 0 Å². The van der Waals surface area contributed by atoms with Crippen molar-refractivity contribution in [3.63, 3.8) is 0 Å². The molecule has 224 valence electrons. The molecule has 16 heteroatoms. The summed E-state index contributed by atoms with van der Waals surface area (Å²) in [6, 6.07) is 5.05. The van der Waals surface area contributed by atoms with Crippen LogP contribution in [0.1, 0.15) is 32.3 Å². The van der Waals surface area contributed by atoms with E-state index in [1.54, 1.807) is 37.3 Å². The zero-order valence-electron chi connectivity index (χ0n) is 23.0. The van der Waals surface area contributed by atoms with Crippen molar-refractivity contribution >= 4 is 48.4 Å². The van der Waals surface area contributed by atoms with Crippen molar-refractivity contribution in [3.05, 3.63) is 35.9 Å². The number of benzene rings is 1. The summed E-state index contributed by atoms with van der Waals surface area (Å²) in [7, 11) is 3.69. The summed E-state index contributed by atoms with van der Waals surface area (Å²) in [6.45, 7) is -0.707. The van der Waals surface area contributed by atoms with Gasteiger partial charge in [0.1, 0.15) is 24.7 Å². The van der Waals surface area contributed by atoms with Gasteiger partial charge in [-0.05, 0) is 37.6 Å².